The van der Waals surface area contributed by atoms with Crippen molar-refractivity contribution < 1.29 is 19.5 Å². The molecule has 1 aromatic rings. The molecule has 22 heavy (non-hydrogen) atoms. The van der Waals surface area contributed by atoms with Crippen molar-refractivity contribution >= 4 is 17.4 Å². The van der Waals surface area contributed by atoms with Gasteiger partial charge in [0.2, 0.25) is 0 Å². The minimum Gasteiger partial charge on any atom is -0.484 e. The van der Waals surface area contributed by atoms with Crippen LogP contribution < -0.4 is 4.74 Å². The van der Waals surface area contributed by atoms with Crippen molar-refractivity contribution in [3.63, 3.8) is 0 Å². The van der Waals surface area contributed by atoms with Crippen LogP contribution in [0.15, 0.2) is 24.3 Å². The number of thioether (sulfide) groups is 1. The van der Waals surface area contributed by atoms with E-state index in [1.165, 1.54) is 12.1 Å². The Morgan fingerprint density at radius 2 is 1.82 bits per heavy atom. The predicted molar refractivity (Wildman–Crippen MR) is 89.7 cm³/mol. The standard InChI is InChI=1S/C13H19NO5.C2H6S/c1-13(2,3)19-9-10(15)8-18-12-7-5-4-6-11(12)14(16)17;1-3-2/h4-7,10,15H,8-9H2,1-3H3;1-2H3. The monoisotopic (exact) mass is 331 g/mol. The fourth-order valence-corrected chi connectivity index (χ4v) is 1.31. The maximum absolute atomic E-state index is 10.8. The summed E-state index contributed by atoms with van der Waals surface area (Å²) in [4.78, 5) is 10.2. The number of nitro benzene ring substituents is 1. The van der Waals surface area contributed by atoms with E-state index in [4.69, 9.17) is 9.47 Å². The first-order chi connectivity index (χ1) is 10.2. The van der Waals surface area contributed by atoms with Crippen molar-refractivity contribution in [1.82, 2.24) is 0 Å². The molecule has 7 heteroatoms. The highest BCUT2D eigenvalue weighted by Gasteiger charge is 2.17. The molecule has 0 aliphatic rings. The SMILES string of the molecule is CC(C)(C)OCC(O)COc1ccccc1[N+](=O)[O-].CSC. The number of para-hydroxylation sites is 2. The third kappa shape index (κ3) is 9.59. The van der Waals surface area contributed by atoms with Crippen molar-refractivity contribution in [2.24, 2.45) is 0 Å². The van der Waals surface area contributed by atoms with Crippen LogP contribution in [0.1, 0.15) is 20.8 Å². The second-order valence-electron chi connectivity index (χ2n) is 5.52. The quantitative estimate of drug-likeness (QED) is 0.637. The molecule has 0 saturated carbocycles. The summed E-state index contributed by atoms with van der Waals surface area (Å²) in [6.07, 6.45) is 3.25. The Balaban J connectivity index is 0.00000135. The van der Waals surface area contributed by atoms with Crippen LogP contribution in [0.4, 0.5) is 5.69 Å². The average molecular weight is 331 g/mol. The third-order valence-corrected chi connectivity index (χ3v) is 2.20. The Labute approximate surface area is 136 Å². The van der Waals surface area contributed by atoms with Gasteiger partial charge in [-0.2, -0.15) is 11.8 Å². The molecular weight excluding hydrogens is 306 g/mol. The topological polar surface area (TPSA) is 81.8 Å². The largest absolute Gasteiger partial charge is 0.484 e. The fourth-order valence-electron chi connectivity index (χ4n) is 1.31. The summed E-state index contributed by atoms with van der Waals surface area (Å²) in [6, 6.07) is 6.05. The zero-order valence-corrected chi connectivity index (χ0v) is 14.6. The summed E-state index contributed by atoms with van der Waals surface area (Å²) >= 11 is 1.75. The van der Waals surface area contributed by atoms with E-state index in [2.05, 4.69) is 0 Å². The van der Waals surface area contributed by atoms with Crippen LogP contribution in [0, 0.1) is 10.1 Å². The highest BCUT2D eigenvalue weighted by Crippen LogP contribution is 2.25. The average Bonchev–Trinajstić information content (AvgIpc) is 2.43. The lowest BCUT2D eigenvalue weighted by Gasteiger charge is -2.22. The molecule has 0 fully saturated rings. The van der Waals surface area contributed by atoms with Crippen LogP contribution in [-0.4, -0.2) is 47.5 Å². The molecule has 0 aliphatic carbocycles. The molecule has 126 valence electrons. The first-order valence-corrected chi connectivity index (χ1v) is 8.43. The maximum atomic E-state index is 10.8. The number of benzene rings is 1. The first-order valence-electron chi connectivity index (χ1n) is 6.79. The molecule has 0 amide bonds. The van der Waals surface area contributed by atoms with Gasteiger partial charge in [-0.05, 0) is 39.3 Å². The number of nitro groups is 1. The summed E-state index contributed by atoms with van der Waals surface area (Å²) in [6.45, 7) is 5.69. The van der Waals surface area contributed by atoms with Gasteiger partial charge in [-0.3, -0.25) is 10.1 Å². The van der Waals surface area contributed by atoms with E-state index in [1.807, 2.05) is 33.3 Å². The van der Waals surface area contributed by atoms with Crippen LogP contribution in [0.2, 0.25) is 0 Å². The van der Waals surface area contributed by atoms with E-state index < -0.39 is 11.0 Å². The number of ether oxygens (including phenoxy) is 2. The van der Waals surface area contributed by atoms with Crippen molar-refractivity contribution in [2.75, 3.05) is 25.7 Å². The molecule has 1 N–H and O–H groups in total. The Bertz CT molecular complexity index is 448. The summed E-state index contributed by atoms with van der Waals surface area (Å²) in [5, 5.41) is 20.4. The lowest BCUT2D eigenvalue weighted by atomic mass is 10.2. The van der Waals surface area contributed by atoms with Gasteiger partial charge < -0.3 is 14.6 Å². The second kappa shape index (κ2) is 10.4. The molecule has 6 nitrogen and oxygen atoms in total. The van der Waals surface area contributed by atoms with Gasteiger partial charge in [0.25, 0.3) is 0 Å². The van der Waals surface area contributed by atoms with Crippen LogP contribution in [-0.2, 0) is 4.74 Å². The lowest BCUT2D eigenvalue weighted by Crippen LogP contribution is -2.29. The maximum Gasteiger partial charge on any atom is 0.310 e. The molecule has 0 saturated heterocycles. The number of hydrogen-bond donors (Lipinski definition) is 1. The minimum absolute atomic E-state index is 0.0546. The number of nitrogens with zero attached hydrogens (tertiary/aromatic N) is 1. The van der Waals surface area contributed by atoms with Crippen LogP contribution >= 0.6 is 11.8 Å². The lowest BCUT2D eigenvalue weighted by molar-refractivity contribution is -0.385. The van der Waals surface area contributed by atoms with E-state index in [1.54, 1.807) is 23.9 Å². The van der Waals surface area contributed by atoms with Crippen LogP contribution in [0.3, 0.4) is 0 Å². The highest BCUT2D eigenvalue weighted by atomic mass is 32.2. The van der Waals surface area contributed by atoms with E-state index in [0.29, 0.717) is 0 Å². The zero-order chi connectivity index (χ0) is 17.2. The van der Waals surface area contributed by atoms with E-state index in [0.717, 1.165) is 0 Å². The molecule has 1 aromatic carbocycles. The molecule has 0 heterocycles. The summed E-state index contributed by atoms with van der Waals surface area (Å²) in [5.41, 5.74) is -0.467. The Morgan fingerprint density at radius 3 is 2.32 bits per heavy atom. The van der Waals surface area contributed by atoms with E-state index in [9.17, 15) is 15.2 Å². The third-order valence-electron chi connectivity index (χ3n) is 2.20. The van der Waals surface area contributed by atoms with Gasteiger partial charge in [0.05, 0.1) is 17.1 Å². The highest BCUT2D eigenvalue weighted by molar-refractivity contribution is 7.97. The number of aliphatic hydroxyl groups excluding tert-OH is 1. The van der Waals surface area contributed by atoms with Crippen molar-refractivity contribution in [3.05, 3.63) is 34.4 Å². The number of hydrogen-bond acceptors (Lipinski definition) is 6. The van der Waals surface area contributed by atoms with Crippen molar-refractivity contribution in [1.29, 1.82) is 0 Å². The van der Waals surface area contributed by atoms with Crippen LogP contribution in [0.5, 0.6) is 5.75 Å². The van der Waals surface area contributed by atoms with Gasteiger partial charge in [0, 0.05) is 6.07 Å². The molecule has 0 aliphatic heterocycles. The number of aliphatic hydroxyl groups is 1. The van der Waals surface area contributed by atoms with Gasteiger partial charge in [-0.1, -0.05) is 12.1 Å². The molecule has 0 aromatic heterocycles. The molecule has 0 spiro atoms. The smallest absolute Gasteiger partial charge is 0.310 e. The van der Waals surface area contributed by atoms with Gasteiger partial charge in [0.1, 0.15) is 12.7 Å². The molecule has 1 atom stereocenters. The number of rotatable bonds is 6. The molecule has 1 unspecified atom stereocenters. The van der Waals surface area contributed by atoms with Gasteiger partial charge in [0.15, 0.2) is 5.75 Å². The summed E-state index contributed by atoms with van der Waals surface area (Å²) in [7, 11) is 0. The molecule has 0 radical (unpaired) electrons. The minimum atomic E-state index is -0.834. The zero-order valence-electron chi connectivity index (χ0n) is 13.7. The molecular formula is C15H25NO5S. The van der Waals surface area contributed by atoms with Gasteiger partial charge >= 0.3 is 5.69 Å². The summed E-state index contributed by atoms with van der Waals surface area (Å²) in [5.74, 6) is 0.141. The second-order valence-corrected chi connectivity index (χ2v) is 6.34. The van der Waals surface area contributed by atoms with Gasteiger partial charge in [-0.25, -0.2) is 0 Å². The first kappa shape index (κ1) is 20.7. The molecule has 1 rings (SSSR count). The normalized spacial score (nSPS) is 12.1. The van der Waals surface area contributed by atoms with Crippen molar-refractivity contribution in [2.45, 2.75) is 32.5 Å². The van der Waals surface area contributed by atoms with Crippen molar-refractivity contribution in [3.8, 4) is 5.75 Å². The summed E-state index contributed by atoms with van der Waals surface area (Å²) < 4.78 is 10.6. The fraction of sp³-hybridized carbons (Fsp3) is 0.600. The van der Waals surface area contributed by atoms with E-state index in [-0.39, 0.29) is 30.3 Å². The Morgan fingerprint density at radius 1 is 1.27 bits per heavy atom. The van der Waals surface area contributed by atoms with Crippen LogP contribution in [0.25, 0.3) is 0 Å². The molecule has 0 bridgehead atoms. The predicted octanol–water partition coefficient (Wildman–Crippen LogP) is 3.13. The Kier molecular flexibility index (Phi) is 9.80. The van der Waals surface area contributed by atoms with E-state index >= 15 is 0 Å². The Hall–Kier alpha value is -1.31. The van der Waals surface area contributed by atoms with Gasteiger partial charge in [-0.15, -0.1) is 0 Å².